The van der Waals surface area contributed by atoms with E-state index in [-0.39, 0.29) is 17.7 Å². The second-order valence-electron chi connectivity index (χ2n) is 9.11. The van der Waals surface area contributed by atoms with Crippen molar-refractivity contribution < 1.29 is 19.1 Å². The van der Waals surface area contributed by atoms with Crippen molar-refractivity contribution >= 4 is 40.0 Å². The van der Waals surface area contributed by atoms with Crippen molar-refractivity contribution in [3.05, 3.63) is 64.8 Å². The predicted molar refractivity (Wildman–Crippen MR) is 127 cm³/mol. The minimum absolute atomic E-state index is 0.0444. The van der Waals surface area contributed by atoms with Gasteiger partial charge in [0.1, 0.15) is 11.7 Å². The molecule has 8 heteroatoms. The van der Waals surface area contributed by atoms with E-state index in [4.69, 9.17) is 21.1 Å². The molecule has 2 N–H and O–H groups in total. The standard InChI is InChI=1S/C25H26ClN3O4/c1-25(2)32-13-15(14-33-25)12-29-22-6-4-3-5-16(22)10-21(24(29)31)28-23(30)20-11-17-9-18(26)7-8-19(17)27-20/h3-9,11,15,21,27H,10,12-14H2,1-2H3,(H,28,30). The second-order valence-corrected chi connectivity index (χ2v) is 9.55. The summed E-state index contributed by atoms with van der Waals surface area (Å²) >= 11 is 6.06. The first kappa shape index (κ1) is 21.9. The fraction of sp³-hybridized carbons (Fsp3) is 0.360. The van der Waals surface area contributed by atoms with Crippen LogP contribution in [-0.4, -0.2) is 48.4 Å². The summed E-state index contributed by atoms with van der Waals surface area (Å²) in [6, 6.07) is 14.3. The van der Waals surface area contributed by atoms with Gasteiger partial charge < -0.3 is 24.7 Å². The molecular weight excluding hydrogens is 442 g/mol. The van der Waals surface area contributed by atoms with E-state index in [1.807, 2.05) is 44.2 Å². The van der Waals surface area contributed by atoms with Gasteiger partial charge in [0.05, 0.1) is 13.2 Å². The van der Waals surface area contributed by atoms with Crippen LogP contribution in [0, 0.1) is 5.92 Å². The van der Waals surface area contributed by atoms with E-state index in [0.717, 1.165) is 22.2 Å². The molecule has 172 valence electrons. The quantitative estimate of drug-likeness (QED) is 0.609. The maximum absolute atomic E-state index is 13.5. The summed E-state index contributed by atoms with van der Waals surface area (Å²) in [6.45, 7) is 5.24. The van der Waals surface area contributed by atoms with Crippen molar-refractivity contribution in [2.75, 3.05) is 24.7 Å². The molecule has 33 heavy (non-hydrogen) atoms. The Kier molecular flexibility index (Phi) is 5.64. The van der Waals surface area contributed by atoms with E-state index in [1.165, 1.54) is 0 Å². The van der Waals surface area contributed by atoms with Crippen molar-refractivity contribution in [2.45, 2.75) is 32.1 Å². The van der Waals surface area contributed by atoms with Gasteiger partial charge >= 0.3 is 0 Å². The lowest BCUT2D eigenvalue weighted by Crippen LogP contribution is -2.55. The SMILES string of the molecule is CC1(C)OCC(CN2C(=O)C(NC(=O)c3cc4cc(Cl)ccc4[nH]3)Cc3ccccc32)CO1. The van der Waals surface area contributed by atoms with Crippen LogP contribution >= 0.6 is 11.6 Å². The van der Waals surface area contributed by atoms with E-state index in [2.05, 4.69) is 10.3 Å². The van der Waals surface area contributed by atoms with E-state index in [0.29, 0.717) is 36.9 Å². The van der Waals surface area contributed by atoms with Crippen LogP contribution in [0.3, 0.4) is 0 Å². The molecule has 1 unspecified atom stereocenters. The second kappa shape index (κ2) is 8.48. The lowest BCUT2D eigenvalue weighted by molar-refractivity contribution is -0.260. The fourth-order valence-electron chi connectivity index (χ4n) is 4.41. The van der Waals surface area contributed by atoms with Crippen LogP contribution in [0.2, 0.25) is 5.02 Å². The molecule has 2 aromatic carbocycles. The molecule has 0 radical (unpaired) electrons. The number of aromatic amines is 1. The zero-order chi connectivity index (χ0) is 23.2. The lowest BCUT2D eigenvalue weighted by atomic mass is 9.95. The number of halogens is 1. The van der Waals surface area contributed by atoms with Crippen molar-refractivity contribution in [2.24, 2.45) is 5.92 Å². The van der Waals surface area contributed by atoms with Crippen LogP contribution in [0.5, 0.6) is 0 Å². The number of amides is 2. The summed E-state index contributed by atoms with van der Waals surface area (Å²) in [7, 11) is 0. The van der Waals surface area contributed by atoms with Crippen LogP contribution in [0.15, 0.2) is 48.5 Å². The number of rotatable bonds is 4. The number of benzene rings is 2. The van der Waals surface area contributed by atoms with Crippen LogP contribution in [0.25, 0.3) is 10.9 Å². The van der Waals surface area contributed by atoms with Crippen molar-refractivity contribution in [1.29, 1.82) is 0 Å². The summed E-state index contributed by atoms with van der Waals surface area (Å²) in [5.74, 6) is -1.03. The maximum Gasteiger partial charge on any atom is 0.268 e. The largest absolute Gasteiger partial charge is 0.351 e. The molecule has 7 nitrogen and oxygen atoms in total. The molecule has 1 aromatic heterocycles. The summed E-state index contributed by atoms with van der Waals surface area (Å²) in [4.78, 5) is 31.3. The Labute approximate surface area is 197 Å². The van der Waals surface area contributed by atoms with Gasteiger partial charge in [0.2, 0.25) is 5.91 Å². The molecule has 2 aliphatic heterocycles. The van der Waals surface area contributed by atoms with Crippen LogP contribution < -0.4 is 10.2 Å². The third-order valence-corrected chi connectivity index (χ3v) is 6.41. The van der Waals surface area contributed by atoms with Gasteiger partial charge in [-0.25, -0.2) is 0 Å². The van der Waals surface area contributed by atoms with E-state index >= 15 is 0 Å². The van der Waals surface area contributed by atoms with Crippen LogP contribution in [-0.2, 0) is 20.7 Å². The molecule has 5 rings (SSSR count). The zero-order valence-corrected chi connectivity index (χ0v) is 19.3. The van der Waals surface area contributed by atoms with Crippen LogP contribution in [0.4, 0.5) is 5.69 Å². The lowest BCUT2D eigenvalue weighted by Gasteiger charge is -2.40. The summed E-state index contributed by atoms with van der Waals surface area (Å²) in [5, 5.41) is 4.37. The third-order valence-electron chi connectivity index (χ3n) is 6.18. The number of para-hydroxylation sites is 1. The number of fused-ring (bicyclic) bond motifs is 2. The summed E-state index contributed by atoms with van der Waals surface area (Å²) in [6.07, 6.45) is 0.438. The number of H-pyrrole nitrogens is 1. The number of aromatic nitrogens is 1. The van der Waals surface area contributed by atoms with Gasteiger partial charge in [-0.15, -0.1) is 0 Å². The first-order valence-electron chi connectivity index (χ1n) is 11.1. The number of carbonyl (C=O) groups is 2. The Balaban J connectivity index is 1.35. The summed E-state index contributed by atoms with van der Waals surface area (Å²) in [5.41, 5.74) is 3.09. The summed E-state index contributed by atoms with van der Waals surface area (Å²) < 4.78 is 11.6. The topological polar surface area (TPSA) is 83.7 Å². The predicted octanol–water partition coefficient (Wildman–Crippen LogP) is 3.91. The Morgan fingerprint density at radius 1 is 1.18 bits per heavy atom. The highest BCUT2D eigenvalue weighted by atomic mass is 35.5. The molecule has 0 spiro atoms. The molecule has 0 bridgehead atoms. The average molecular weight is 468 g/mol. The number of nitrogens with zero attached hydrogens (tertiary/aromatic N) is 1. The Hall–Kier alpha value is -2.87. The first-order valence-corrected chi connectivity index (χ1v) is 11.4. The van der Waals surface area contributed by atoms with Crippen molar-refractivity contribution in [3.63, 3.8) is 0 Å². The van der Waals surface area contributed by atoms with Crippen molar-refractivity contribution in [1.82, 2.24) is 10.3 Å². The van der Waals surface area contributed by atoms with Crippen LogP contribution in [0.1, 0.15) is 29.9 Å². The molecule has 1 saturated heterocycles. The molecule has 3 heterocycles. The molecule has 1 fully saturated rings. The highest BCUT2D eigenvalue weighted by Crippen LogP contribution is 2.30. The molecule has 3 aromatic rings. The zero-order valence-electron chi connectivity index (χ0n) is 18.6. The molecule has 1 atom stereocenters. The average Bonchev–Trinajstić information content (AvgIpc) is 3.21. The molecule has 2 amide bonds. The minimum Gasteiger partial charge on any atom is -0.351 e. The Morgan fingerprint density at radius 2 is 1.94 bits per heavy atom. The molecule has 0 aliphatic carbocycles. The maximum atomic E-state index is 13.5. The smallest absolute Gasteiger partial charge is 0.268 e. The van der Waals surface area contributed by atoms with Gasteiger partial charge in [0.15, 0.2) is 5.79 Å². The van der Waals surface area contributed by atoms with Gasteiger partial charge in [0.25, 0.3) is 5.91 Å². The number of hydrogen-bond donors (Lipinski definition) is 2. The number of anilines is 1. The fourth-order valence-corrected chi connectivity index (χ4v) is 4.59. The van der Waals surface area contributed by atoms with Gasteiger partial charge in [-0.1, -0.05) is 29.8 Å². The van der Waals surface area contributed by atoms with Gasteiger partial charge in [-0.3, -0.25) is 9.59 Å². The van der Waals surface area contributed by atoms with E-state index < -0.39 is 11.8 Å². The first-order chi connectivity index (χ1) is 15.8. The Morgan fingerprint density at radius 3 is 2.73 bits per heavy atom. The van der Waals surface area contributed by atoms with Gasteiger partial charge in [-0.2, -0.15) is 0 Å². The number of hydrogen-bond acceptors (Lipinski definition) is 4. The number of ether oxygens (including phenoxy) is 2. The van der Waals surface area contributed by atoms with Crippen molar-refractivity contribution in [3.8, 4) is 0 Å². The number of nitrogens with one attached hydrogen (secondary N) is 2. The molecule has 2 aliphatic rings. The monoisotopic (exact) mass is 467 g/mol. The normalized spacial score (nSPS) is 20.6. The number of carbonyl (C=O) groups excluding carboxylic acids is 2. The third kappa shape index (κ3) is 4.49. The Bertz CT molecular complexity index is 1210. The highest BCUT2D eigenvalue weighted by Gasteiger charge is 2.37. The van der Waals surface area contributed by atoms with Gasteiger partial charge in [-0.05, 0) is 49.7 Å². The molecular formula is C25H26ClN3O4. The molecule has 0 saturated carbocycles. The van der Waals surface area contributed by atoms with Gasteiger partial charge in [0, 0.05) is 40.5 Å². The highest BCUT2D eigenvalue weighted by molar-refractivity contribution is 6.31. The van der Waals surface area contributed by atoms with E-state index in [1.54, 1.807) is 23.1 Å². The minimum atomic E-state index is -0.663. The van der Waals surface area contributed by atoms with E-state index in [9.17, 15) is 9.59 Å².